The van der Waals surface area contributed by atoms with Crippen LogP contribution in [0.25, 0.3) is 0 Å². The van der Waals surface area contributed by atoms with Crippen molar-refractivity contribution in [3.05, 3.63) is 32.3 Å². The Morgan fingerprint density at radius 3 is 2.31 bits per heavy atom. The number of aromatic nitrogens is 2. The van der Waals surface area contributed by atoms with E-state index < -0.39 is 28.7 Å². The molecule has 1 rings (SSSR count). The maximum absolute atomic E-state index is 12.5. The molecular weight excluding hydrogens is 210 g/mol. The summed E-state index contributed by atoms with van der Waals surface area (Å²) in [5, 5.41) is 10.1. The van der Waals surface area contributed by atoms with Gasteiger partial charge in [0.05, 0.1) is 5.97 Å². The van der Waals surface area contributed by atoms with Crippen LogP contribution in [0.15, 0.2) is 9.59 Å². The molecule has 0 bridgehead atoms. The van der Waals surface area contributed by atoms with E-state index in [-0.39, 0.29) is 51.4 Å². The molecular formula is C5H2FKN2O4. The monoisotopic (exact) mass is 212 g/mol. The summed E-state index contributed by atoms with van der Waals surface area (Å²) in [5.74, 6) is -3.52. The van der Waals surface area contributed by atoms with Gasteiger partial charge in [-0.25, -0.2) is 4.79 Å². The van der Waals surface area contributed by atoms with Gasteiger partial charge in [0.2, 0.25) is 5.82 Å². The van der Waals surface area contributed by atoms with E-state index in [1.165, 1.54) is 4.98 Å². The van der Waals surface area contributed by atoms with E-state index in [2.05, 4.69) is 0 Å². The van der Waals surface area contributed by atoms with Crippen LogP contribution in [0.2, 0.25) is 0 Å². The number of carboxylic acids is 1. The average molecular weight is 212 g/mol. The van der Waals surface area contributed by atoms with Crippen molar-refractivity contribution in [3.8, 4) is 0 Å². The zero-order valence-electron chi connectivity index (χ0n) is 6.51. The van der Waals surface area contributed by atoms with Gasteiger partial charge in [-0.05, 0) is 0 Å². The Morgan fingerprint density at radius 1 is 1.31 bits per heavy atom. The Balaban J connectivity index is 0.00000144. The number of carbonyl (C=O) groups is 1. The van der Waals surface area contributed by atoms with Gasteiger partial charge in [-0.2, -0.15) is 4.39 Å². The summed E-state index contributed by atoms with van der Waals surface area (Å²) in [6, 6.07) is 0. The SMILES string of the molecule is O=C([O-])c1[nH]c(=O)[nH]c(=O)c1F.[K+]. The third kappa shape index (κ3) is 2.85. The van der Waals surface area contributed by atoms with E-state index >= 15 is 0 Å². The molecule has 0 aliphatic rings. The number of halogens is 1. The maximum Gasteiger partial charge on any atom is 1.00 e. The number of hydrogen-bond acceptors (Lipinski definition) is 4. The summed E-state index contributed by atoms with van der Waals surface area (Å²) in [4.78, 5) is 33.9. The molecule has 0 amide bonds. The zero-order chi connectivity index (χ0) is 9.30. The Kier molecular flexibility index (Phi) is 4.71. The van der Waals surface area contributed by atoms with E-state index in [1.54, 1.807) is 4.98 Å². The molecule has 0 unspecified atom stereocenters. The van der Waals surface area contributed by atoms with Crippen LogP contribution in [0.4, 0.5) is 4.39 Å². The standard InChI is InChI=1S/C5H3FN2O4.K/c6-1-2(4(10)11)7-5(12)8-3(1)9;/h(H,10,11)(H2,7,8,9,12);/q;+1/p-1. The van der Waals surface area contributed by atoms with Crippen LogP contribution in [-0.2, 0) is 0 Å². The van der Waals surface area contributed by atoms with Crippen molar-refractivity contribution in [2.75, 3.05) is 0 Å². The van der Waals surface area contributed by atoms with Crippen molar-refractivity contribution in [1.82, 2.24) is 9.97 Å². The summed E-state index contributed by atoms with van der Waals surface area (Å²) < 4.78 is 12.5. The third-order valence-electron chi connectivity index (χ3n) is 1.09. The molecule has 2 N–H and O–H groups in total. The Morgan fingerprint density at radius 2 is 1.85 bits per heavy atom. The van der Waals surface area contributed by atoms with Crippen LogP contribution in [0.1, 0.15) is 10.5 Å². The number of H-pyrrole nitrogens is 2. The molecule has 13 heavy (non-hydrogen) atoms. The average Bonchev–Trinajstić information content (AvgIpc) is 1.96. The van der Waals surface area contributed by atoms with E-state index in [0.29, 0.717) is 0 Å². The van der Waals surface area contributed by atoms with Crippen LogP contribution < -0.4 is 67.7 Å². The first kappa shape index (κ1) is 12.7. The minimum atomic E-state index is -1.95. The van der Waals surface area contributed by atoms with Crippen molar-refractivity contribution in [1.29, 1.82) is 0 Å². The first-order valence-corrected chi connectivity index (χ1v) is 2.76. The van der Waals surface area contributed by atoms with Gasteiger partial charge < -0.3 is 14.9 Å². The van der Waals surface area contributed by atoms with E-state index in [4.69, 9.17) is 0 Å². The van der Waals surface area contributed by atoms with Crippen LogP contribution in [0.5, 0.6) is 0 Å². The van der Waals surface area contributed by atoms with Gasteiger partial charge in [-0.1, -0.05) is 0 Å². The van der Waals surface area contributed by atoms with Crippen molar-refractivity contribution >= 4 is 5.97 Å². The van der Waals surface area contributed by atoms with Crippen LogP contribution in [0.3, 0.4) is 0 Å². The molecule has 0 atom stereocenters. The maximum atomic E-state index is 12.5. The van der Waals surface area contributed by atoms with Crippen LogP contribution in [0, 0.1) is 5.82 Å². The van der Waals surface area contributed by atoms with Gasteiger partial charge in [0.25, 0.3) is 5.56 Å². The number of aromatic amines is 2. The third-order valence-corrected chi connectivity index (χ3v) is 1.09. The van der Waals surface area contributed by atoms with Gasteiger partial charge in [-0.15, -0.1) is 0 Å². The van der Waals surface area contributed by atoms with E-state index in [1.807, 2.05) is 0 Å². The Labute approximate surface area is 113 Å². The number of nitrogens with one attached hydrogen (secondary N) is 2. The summed E-state index contributed by atoms with van der Waals surface area (Å²) in [6.45, 7) is 0. The predicted octanol–water partition coefficient (Wildman–Crippen LogP) is -5.43. The van der Waals surface area contributed by atoms with Crippen molar-refractivity contribution in [2.24, 2.45) is 0 Å². The molecule has 0 saturated carbocycles. The molecule has 0 fully saturated rings. The number of hydrogen-bond donors (Lipinski definition) is 2. The molecule has 1 heterocycles. The van der Waals surface area contributed by atoms with Crippen molar-refractivity contribution in [2.45, 2.75) is 0 Å². The summed E-state index contributed by atoms with van der Waals surface area (Å²) in [7, 11) is 0. The molecule has 1 aromatic rings. The zero-order valence-corrected chi connectivity index (χ0v) is 9.63. The molecule has 0 saturated heterocycles. The first-order chi connectivity index (χ1) is 5.52. The molecule has 64 valence electrons. The van der Waals surface area contributed by atoms with Gasteiger partial charge in [0, 0.05) is 0 Å². The number of aromatic carboxylic acids is 1. The summed E-state index contributed by atoms with van der Waals surface area (Å²) in [6.07, 6.45) is 0. The molecule has 0 aliphatic heterocycles. The second-order valence-electron chi connectivity index (χ2n) is 1.88. The fourth-order valence-electron chi connectivity index (χ4n) is 0.612. The van der Waals surface area contributed by atoms with Crippen LogP contribution in [-0.4, -0.2) is 15.9 Å². The fraction of sp³-hybridized carbons (Fsp3) is 0. The molecule has 8 heteroatoms. The van der Waals surface area contributed by atoms with E-state index in [0.717, 1.165) is 0 Å². The van der Waals surface area contributed by atoms with Gasteiger partial charge >= 0.3 is 57.1 Å². The second kappa shape index (κ2) is 4.82. The molecule has 0 aromatic carbocycles. The second-order valence-corrected chi connectivity index (χ2v) is 1.88. The fourth-order valence-corrected chi connectivity index (χ4v) is 0.612. The summed E-state index contributed by atoms with van der Waals surface area (Å²) in [5.41, 5.74) is -3.64. The molecule has 0 aliphatic carbocycles. The number of carboxylic acid groups (broad SMARTS) is 1. The molecule has 0 radical (unpaired) electrons. The van der Waals surface area contributed by atoms with Gasteiger partial charge in [0.15, 0.2) is 0 Å². The van der Waals surface area contributed by atoms with Crippen LogP contribution >= 0.6 is 0 Å². The molecule has 1 aromatic heterocycles. The largest absolute Gasteiger partial charge is 1.00 e. The summed E-state index contributed by atoms with van der Waals surface area (Å²) >= 11 is 0. The van der Waals surface area contributed by atoms with Gasteiger partial charge in [-0.3, -0.25) is 9.78 Å². The smallest absolute Gasteiger partial charge is 0.543 e. The molecule has 0 spiro atoms. The van der Waals surface area contributed by atoms with Gasteiger partial charge in [0.1, 0.15) is 5.69 Å². The number of carbonyl (C=O) groups excluding carboxylic acids is 1. The Bertz CT molecular complexity index is 437. The number of rotatable bonds is 1. The van der Waals surface area contributed by atoms with Crippen molar-refractivity contribution in [3.63, 3.8) is 0 Å². The minimum absolute atomic E-state index is 0. The predicted molar refractivity (Wildman–Crippen MR) is 32.0 cm³/mol. The topological polar surface area (TPSA) is 106 Å². The first-order valence-electron chi connectivity index (χ1n) is 2.76. The Hall–Kier alpha value is -0.284. The quantitative estimate of drug-likeness (QED) is 0.453. The minimum Gasteiger partial charge on any atom is -0.543 e. The molecule has 6 nitrogen and oxygen atoms in total. The van der Waals surface area contributed by atoms with Crippen molar-refractivity contribution < 1.29 is 65.7 Å². The normalized spacial score (nSPS) is 9.00. The van der Waals surface area contributed by atoms with E-state index in [9.17, 15) is 23.9 Å².